The van der Waals surface area contributed by atoms with E-state index in [-0.39, 0.29) is 0 Å². The first-order chi connectivity index (χ1) is 16.9. The fourth-order valence-corrected chi connectivity index (χ4v) is 13.1. The van der Waals surface area contributed by atoms with Crippen LogP contribution in [0.1, 0.15) is 112 Å². The molecule has 0 aromatic heterocycles. The molecule has 0 N–H and O–H groups in total. The maximum atomic E-state index is 2.25. The normalized spacial score (nSPS) is 22.3. The van der Waals surface area contributed by atoms with Gasteiger partial charge in [0, 0.05) is 0 Å². The van der Waals surface area contributed by atoms with E-state index in [2.05, 4.69) is 54.4 Å². The molecule has 0 radical (unpaired) electrons. The minimum absolute atomic E-state index is 0.385. The van der Waals surface area contributed by atoms with Crippen molar-refractivity contribution in [2.45, 2.75) is 124 Å². The third-order valence-electron chi connectivity index (χ3n) is 8.89. The van der Waals surface area contributed by atoms with Gasteiger partial charge < -0.3 is 0 Å². The first kappa shape index (κ1) is 25.0. The number of benzene rings is 2. The number of rotatable bonds is 4. The second-order valence-electron chi connectivity index (χ2n) is 11.0. The van der Waals surface area contributed by atoms with Crippen molar-refractivity contribution in [1.29, 1.82) is 0 Å². The Morgan fingerprint density at radius 2 is 0.882 bits per heavy atom. The molecule has 4 aliphatic carbocycles. The van der Waals surface area contributed by atoms with E-state index in [4.69, 9.17) is 0 Å². The summed E-state index contributed by atoms with van der Waals surface area (Å²) in [4.78, 5) is 0.546. The molecule has 6 rings (SSSR count). The molecule has 0 unspecified atom stereocenters. The molecule has 3 saturated carbocycles. The van der Waals surface area contributed by atoms with Crippen LogP contribution in [0.5, 0.6) is 0 Å². The van der Waals surface area contributed by atoms with E-state index in [1.807, 2.05) is 0 Å². The van der Waals surface area contributed by atoms with Crippen LogP contribution < -0.4 is 0 Å². The van der Waals surface area contributed by atoms with Gasteiger partial charge in [0.2, 0.25) is 0 Å². The zero-order valence-electron chi connectivity index (χ0n) is 21.3. The molecular weight excluding hydrogens is 474 g/mol. The Hall–Kier alpha value is -0.636. The van der Waals surface area contributed by atoms with E-state index in [1.54, 1.807) is 91.5 Å². The van der Waals surface area contributed by atoms with Gasteiger partial charge in [-0.25, -0.2) is 0 Å². The van der Waals surface area contributed by atoms with Crippen LogP contribution in [0.2, 0.25) is 5.89 Å². The van der Waals surface area contributed by atoms with Gasteiger partial charge in [-0.1, -0.05) is 65.7 Å². The van der Waals surface area contributed by atoms with Crippen molar-refractivity contribution < 1.29 is 14.4 Å². The van der Waals surface area contributed by atoms with Crippen LogP contribution in [-0.4, -0.2) is 17.0 Å². The van der Waals surface area contributed by atoms with Gasteiger partial charge in [-0.2, -0.15) is 0 Å². The van der Waals surface area contributed by atoms with Crippen molar-refractivity contribution in [2.75, 3.05) is 0 Å². The van der Waals surface area contributed by atoms with Gasteiger partial charge in [0.15, 0.2) is 0 Å². The summed E-state index contributed by atoms with van der Waals surface area (Å²) in [5.41, 5.74) is 9.35. The molecule has 0 amide bonds. The number of hydrogen-bond donors (Lipinski definition) is 0. The molecule has 2 aromatic carbocycles. The molecule has 2 heteroatoms. The van der Waals surface area contributed by atoms with Crippen LogP contribution in [0.4, 0.5) is 0 Å². The Morgan fingerprint density at radius 3 is 1.24 bits per heavy atom. The summed E-state index contributed by atoms with van der Waals surface area (Å²) in [7, 11) is 0.385. The maximum absolute atomic E-state index is 2.25. The summed E-state index contributed by atoms with van der Waals surface area (Å²) in [5, 5.41) is 0. The molecule has 34 heavy (non-hydrogen) atoms. The summed E-state index contributed by atoms with van der Waals surface area (Å²) in [6, 6.07) is 17.5. The number of hydrogen-bond acceptors (Lipinski definition) is 0. The third-order valence-corrected chi connectivity index (χ3v) is 14.2. The second kappa shape index (κ2) is 12.6. The van der Waals surface area contributed by atoms with Gasteiger partial charge in [0.1, 0.15) is 0 Å². The van der Waals surface area contributed by atoms with Crippen molar-refractivity contribution in [2.24, 2.45) is 0 Å². The molecule has 0 saturated heterocycles. The molecule has 0 bridgehead atoms. The SMILES string of the molecule is C1CCC(P(C2CCCCC2)C2CCCCC2)CC1.[CH3][Ni][CH]1c2ccccc2-c2ccccc21. The standard InChI is InChI=1S/C18H33P.C13H9.CH3.Ni/c1-4-10-16(11-5-1)19(17-12-6-2-7-13-17)18-14-8-3-9-15-18;1-3-7-12-10(5-1)9-11-6-2-4-8-13(11)12;;/h16-18H,1-15H2;1-9H;1H3;. The third kappa shape index (κ3) is 5.68. The summed E-state index contributed by atoms with van der Waals surface area (Å²) in [5.74, 6) is 2.20. The average molecular weight is 519 g/mol. The minimum atomic E-state index is 0.385. The van der Waals surface area contributed by atoms with Crippen LogP contribution in [0.3, 0.4) is 0 Å². The first-order valence-electron chi connectivity index (χ1n) is 14.2. The fraction of sp³-hybridized carbons (Fsp3) is 0.625. The van der Waals surface area contributed by atoms with E-state index >= 15 is 0 Å². The summed E-state index contributed by atoms with van der Waals surface area (Å²) < 4.78 is 0. The molecule has 0 atom stereocenters. The zero-order chi connectivity index (χ0) is 23.2. The predicted molar refractivity (Wildman–Crippen MR) is 147 cm³/mol. The van der Waals surface area contributed by atoms with E-state index in [0.29, 0.717) is 12.8 Å². The van der Waals surface area contributed by atoms with Gasteiger partial charge in [-0.05, 0) is 55.5 Å². The molecule has 188 valence electrons. The van der Waals surface area contributed by atoms with Crippen molar-refractivity contribution >= 4 is 7.92 Å². The Morgan fingerprint density at radius 1 is 0.529 bits per heavy atom. The van der Waals surface area contributed by atoms with Crippen LogP contribution >= 0.6 is 7.92 Å². The molecule has 0 aliphatic heterocycles. The van der Waals surface area contributed by atoms with E-state index < -0.39 is 0 Å². The summed E-state index contributed by atoms with van der Waals surface area (Å²) >= 11 is 1.74. The molecular formula is C32H45NiP. The summed E-state index contributed by atoms with van der Waals surface area (Å²) in [6.45, 7) is 0. The van der Waals surface area contributed by atoms with Crippen LogP contribution in [0.15, 0.2) is 48.5 Å². The molecule has 0 spiro atoms. The Balaban J connectivity index is 0.000000145. The predicted octanol–water partition coefficient (Wildman–Crippen LogP) is 10.4. The van der Waals surface area contributed by atoms with Crippen LogP contribution in [-0.2, 0) is 14.4 Å². The van der Waals surface area contributed by atoms with Gasteiger partial charge in [0.05, 0.1) is 0 Å². The molecule has 4 aliphatic rings. The zero-order valence-corrected chi connectivity index (χ0v) is 23.2. The Kier molecular flexibility index (Phi) is 9.24. The average Bonchev–Trinajstić information content (AvgIpc) is 3.25. The fourth-order valence-electron chi connectivity index (χ4n) is 7.29. The Bertz CT molecular complexity index is 801. The summed E-state index contributed by atoms with van der Waals surface area (Å²) in [6.07, 6.45) is 23.6. The van der Waals surface area contributed by atoms with Crippen LogP contribution in [0.25, 0.3) is 11.1 Å². The van der Waals surface area contributed by atoms with Crippen molar-refractivity contribution in [3.63, 3.8) is 0 Å². The van der Waals surface area contributed by atoms with E-state index in [9.17, 15) is 0 Å². The topological polar surface area (TPSA) is 0 Å². The van der Waals surface area contributed by atoms with Crippen molar-refractivity contribution in [1.82, 2.24) is 0 Å². The van der Waals surface area contributed by atoms with Crippen LogP contribution in [0, 0.1) is 0 Å². The number of fused-ring (bicyclic) bond motifs is 3. The van der Waals surface area contributed by atoms with Gasteiger partial charge in [-0.15, -0.1) is 0 Å². The molecule has 2 aromatic rings. The molecule has 0 heterocycles. The Labute approximate surface area is 216 Å². The van der Waals surface area contributed by atoms with Gasteiger partial charge in [-0.3, -0.25) is 0 Å². The van der Waals surface area contributed by atoms with Gasteiger partial charge in [0.25, 0.3) is 0 Å². The van der Waals surface area contributed by atoms with E-state index in [0.717, 1.165) is 0 Å². The first-order valence-corrected chi connectivity index (χ1v) is 17.3. The monoisotopic (exact) mass is 518 g/mol. The van der Waals surface area contributed by atoms with E-state index in [1.165, 1.54) is 58.5 Å². The van der Waals surface area contributed by atoms with Crippen molar-refractivity contribution in [3.05, 3.63) is 59.7 Å². The molecule has 0 nitrogen and oxygen atoms in total. The molecule has 3 fully saturated rings. The van der Waals surface area contributed by atoms with Crippen molar-refractivity contribution in [3.8, 4) is 11.1 Å². The second-order valence-corrected chi connectivity index (χ2v) is 15.2. The van der Waals surface area contributed by atoms with Gasteiger partial charge >= 0.3 is 96.0 Å². The quantitative estimate of drug-likeness (QED) is 0.279.